The van der Waals surface area contributed by atoms with Crippen LogP contribution in [0.5, 0.6) is 0 Å². The maximum Gasteiger partial charge on any atom is 0.0619 e. The molecule has 1 aliphatic rings. The summed E-state index contributed by atoms with van der Waals surface area (Å²) in [5.41, 5.74) is 9.36. The Labute approximate surface area is 123 Å². The summed E-state index contributed by atoms with van der Waals surface area (Å²) >= 11 is 0. The van der Waals surface area contributed by atoms with Gasteiger partial charge in [0.2, 0.25) is 0 Å². The lowest BCUT2D eigenvalue weighted by Crippen LogP contribution is -2.28. The highest BCUT2D eigenvalue weighted by atomic mass is 16.5. The van der Waals surface area contributed by atoms with E-state index < -0.39 is 0 Å². The van der Waals surface area contributed by atoms with E-state index in [0.29, 0.717) is 12.0 Å². The molecule has 20 heavy (non-hydrogen) atoms. The van der Waals surface area contributed by atoms with Gasteiger partial charge in [0.15, 0.2) is 0 Å². The fraction of sp³-hybridized carbons (Fsp3) is 0.667. The van der Waals surface area contributed by atoms with Gasteiger partial charge >= 0.3 is 0 Å². The van der Waals surface area contributed by atoms with Crippen molar-refractivity contribution in [1.29, 1.82) is 0 Å². The largest absolute Gasteiger partial charge is 0.378 e. The number of hydrogen-bond acceptors (Lipinski definition) is 2. The van der Waals surface area contributed by atoms with Crippen LogP contribution in [0.15, 0.2) is 24.3 Å². The van der Waals surface area contributed by atoms with E-state index in [9.17, 15) is 0 Å². The molecule has 1 aromatic carbocycles. The van der Waals surface area contributed by atoms with E-state index in [1.807, 2.05) is 0 Å². The molecular weight excluding hydrogens is 246 g/mol. The lowest BCUT2D eigenvalue weighted by Gasteiger charge is -2.26. The van der Waals surface area contributed by atoms with E-state index in [0.717, 1.165) is 25.9 Å². The van der Waals surface area contributed by atoms with Crippen molar-refractivity contribution < 1.29 is 4.74 Å². The van der Waals surface area contributed by atoms with Crippen LogP contribution in [0.4, 0.5) is 0 Å². The third kappa shape index (κ3) is 3.07. The minimum absolute atomic E-state index is 0.0984. The number of nitrogens with two attached hydrogens (primary N) is 1. The van der Waals surface area contributed by atoms with Gasteiger partial charge in [0, 0.05) is 18.6 Å². The first kappa shape index (κ1) is 15.5. The molecule has 0 bridgehead atoms. The molecular formula is C18H29NO. The van der Waals surface area contributed by atoms with Crippen molar-refractivity contribution in [2.45, 2.75) is 64.5 Å². The highest BCUT2D eigenvalue weighted by molar-refractivity contribution is 5.30. The molecule has 1 aliphatic heterocycles. The zero-order valence-corrected chi connectivity index (χ0v) is 13.4. The van der Waals surface area contributed by atoms with Gasteiger partial charge in [-0.25, -0.2) is 0 Å². The molecule has 1 heterocycles. The molecule has 112 valence electrons. The number of rotatable bonds is 5. The Kier molecular flexibility index (Phi) is 4.87. The minimum atomic E-state index is 0.0984. The predicted octanol–water partition coefficient (Wildman–Crippen LogP) is 4.19. The van der Waals surface area contributed by atoms with Crippen molar-refractivity contribution in [1.82, 2.24) is 0 Å². The molecule has 0 amide bonds. The summed E-state index contributed by atoms with van der Waals surface area (Å²) in [7, 11) is 0. The molecule has 1 fully saturated rings. The molecule has 0 aromatic heterocycles. The average molecular weight is 275 g/mol. The SMILES string of the molecule is CCC1OCCC1C(N)c1ccc(C(C)(C)CC)cc1. The molecule has 2 nitrogen and oxygen atoms in total. The van der Waals surface area contributed by atoms with Crippen molar-refractivity contribution in [3.8, 4) is 0 Å². The lowest BCUT2D eigenvalue weighted by molar-refractivity contribution is 0.0813. The first-order valence-electron chi connectivity index (χ1n) is 7.97. The van der Waals surface area contributed by atoms with Gasteiger partial charge in [0.05, 0.1) is 6.10 Å². The first-order valence-corrected chi connectivity index (χ1v) is 7.97. The summed E-state index contributed by atoms with van der Waals surface area (Å²) in [5, 5.41) is 0. The Morgan fingerprint density at radius 3 is 2.45 bits per heavy atom. The van der Waals surface area contributed by atoms with Crippen molar-refractivity contribution in [2.75, 3.05) is 6.61 Å². The minimum Gasteiger partial charge on any atom is -0.378 e. The third-order valence-electron chi connectivity index (χ3n) is 5.09. The second-order valence-corrected chi connectivity index (χ2v) is 6.66. The smallest absolute Gasteiger partial charge is 0.0619 e. The molecule has 0 radical (unpaired) electrons. The van der Waals surface area contributed by atoms with Crippen LogP contribution in [0.25, 0.3) is 0 Å². The summed E-state index contributed by atoms with van der Waals surface area (Å²) in [5.74, 6) is 0.463. The van der Waals surface area contributed by atoms with Crippen LogP contribution >= 0.6 is 0 Å². The second kappa shape index (κ2) is 6.28. The van der Waals surface area contributed by atoms with E-state index in [-0.39, 0.29) is 11.5 Å². The van der Waals surface area contributed by atoms with Gasteiger partial charge < -0.3 is 10.5 Å². The van der Waals surface area contributed by atoms with Crippen LogP contribution in [0.3, 0.4) is 0 Å². The standard InChI is InChI=1S/C18H29NO/c1-5-16-15(11-12-20-16)17(19)13-7-9-14(10-8-13)18(3,4)6-2/h7-10,15-17H,5-6,11-12,19H2,1-4H3. The number of hydrogen-bond donors (Lipinski definition) is 1. The lowest BCUT2D eigenvalue weighted by atomic mass is 9.81. The highest BCUT2D eigenvalue weighted by Crippen LogP contribution is 2.34. The van der Waals surface area contributed by atoms with E-state index in [1.165, 1.54) is 11.1 Å². The van der Waals surface area contributed by atoms with E-state index >= 15 is 0 Å². The van der Waals surface area contributed by atoms with Gasteiger partial charge in [-0.05, 0) is 35.8 Å². The second-order valence-electron chi connectivity index (χ2n) is 6.66. The Balaban J connectivity index is 2.13. The monoisotopic (exact) mass is 275 g/mol. The van der Waals surface area contributed by atoms with Gasteiger partial charge in [-0.3, -0.25) is 0 Å². The van der Waals surface area contributed by atoms with Gasteiger partial charge in [-0.1, -0.05) is 52.0 Å². The third-order valence-corrected chi connectivity index (χ3v) is 5.09. The molecule has 3 unspecified atom stereocenters. The van der Waals surface area contributed by atoms with Gasteiger partial charge in [0.25, 0.3) is 0 Å². The Hall–Kier alpha value is -0.860. The van der Waals surface area contributed by atoms with Gasteiger partial charge in [-0.15, -0.1) is 0 Å². The maximum absolute atomic E-state index is 6.48. The maximum atomic E-state index is 6.48. The van der Waals surface area contributed by atoms with Crippen LogP contribution in [-0.2, 0) is 10.2 Å². The number of benzene rings is 1. The predicted molar refractivity (Wildman–Crippen MR) is 84.8 cm³/mol. The van der Waals surface area contributed by atoms with E-state index in [1.54, 1.807) is 0 Å². The summed E-state index contributed by atoms with van der Waals surface area (Å²) in [6.07, 6.45) is 3.62. The summed E-state index contributed by atoms with van der Waals surface area (Å²) in [6, 6.07) is 9.01. The normalized spacial score (nSPS) is 24.9. The van der Waals surface area contributed by atoms with E-state index in [2.05, 4.69) is 52.0 Å². The first-order chi connectivity index (χ1) is 9.49. The summed E-state index contributed by atoms with van der Waals surface area (Å²) in [6.45, 7) is 9.86. The molecule has 0 saturated carbocycles. The van der Waals surface area contributed by atoms with Crippen molar-refractivity contribution in [3.05, 3.63) is 35.4 Å². The van der Waals surface area contributed by atoms with Crippen LogP contribution in [0.2, 0.25) is 0 Å². The quantitative estimate of drug-likeness (QED) is 0.874. The zero-order chi connectivity index (χ0) is 14.8. The van der Waals surface area contributed by atoms with Gasteiger partial charge in [0.1, 0.15) is 0 Å². The summed E-state index contributed by atoms with van der Waals surface area (Å²) < 4.78 is 5.77. The van der Waals surface area contributed by atoms with Crippen LogP contribution in [0, 0.1) is 5.92 Å². The Morgan fingerprint density at radius 1 is 1.25 bits per heavy atom. The van der Waals surface area contributed by atoms with Gasteiger partial charge in [-0.2, -0.15) is 0 Å². The molecule has 3 atom stereocenters. The molecule has 0 spiro atoms. The molecule has 2 N–H and O–H groups in total. The topological polar surface area (TPSA) is 35.2 Å². The van der Waals surface area contributed by atoms with Crippen molar-refractivity contribution in [2.24, 2.45) is 11.7 Å². The van der Waals surface area contributed by atoms with Crippen LogP contribution in [-0.4, -0.2) is 12.7 Å². The number of ether oxygens (including phenoxy) is 1. The zero-order valence-electron chi connectivity index (χ0n) is 13.4. The fourth-order valence-electron chi connectivity index (χ4n) is 3.10. The Bertz CT molecular complexity index is 424. The van der Waals surface area contributed by atoms with E-state index in [4.69, 9.17) is 10.5 Å². The van der Waals surface area contributed by atoms with Crippen LogP contribution in [0.1, 0.15) is 64.1 Å². The van der Waals surface area contributed by atoms with Crippen LogP contribution < -0.4 is 5.73 Å². The fourth-order valence-corrected chi connectivity index (χ4v) is 3.10. The molecule has 1 aromatic rings. The molecule has 0 aliphatic carbocycles. The van der Waals surface area contributed by atoms with Crippen molar-refractivity contribution >= 4 is 0 Å². The molecule has 2 heteroatoms. The van der Waals surface area contributed by atoms with Crippen molar-refractivity contribution in [3.63, 3.8) is 0 Å². The average Bonchev–Trinajstić information content (AvgIpc) is 2.95. The highest BCUT2D eigenvalue weighted by Gasteiger charge is 2.32. The Morgan fingerprint density at radius 2 is 1.90 bits per heavy atom. The molecule has 1 saturated heterocycles. The summed E-state index contributed by atoms with van der Waals surface area (Å²) in [4.78, 5) is 0. The molecule has 2 rings (SSSR count).